The number of hydrogen-bond acceptors (Lipinski definition) is 6. The lowest BCUT2D eigenvalue weighted by atomic mass is 9.76. The van der Waals surface area contributed by atoms with Crippen molar-refractivity contribution in [3.63, 3.8) is 0 Å². The van der Waals surface area contributed by atoms with Gasteiger partial charge in [0.2, 0.25) is 11.8 Å². The van der Waals surface area contributed by atoms with Gasteiger partial charge in [0.25, 0.3) is 0 Å². The first-order valence-electron chi connectivity index (χ1n) is 14.5. The molecule has 1 saturated heterocycles. The molecule has 0 aliphatic carbocycles. The Hall–Kier alpha value is -4.41. The Morgan fingerprint density at radius 2 is 1.81 bits per heavy atom. The van der Waals surface area contributed by atoms with Gasteiger partial charge in [0.1, 0.15) is 17.2 Å². The van der Waals surface area contributed by atoms with Crippen molar-refractivity contribution >= 4 is 34.8 Å². The van der Waals surface area contributed by atoms with Crippen LogP contribution in [-0.2, 0) is 32.0 Å². The van der Waals surface area contributed by atoms with E-state index in [1.54, 1.807) is 45.3 Å². The minimum Gasteiger partial charge on any atom is -0.481 e. The van der Waals surface area contributed by atoms with Gasteiger partial charge in [0.15, 0.2) is 0 Å². The zero-order chi connectivity index (χ0) is 31.4. The first-order valence-corrected chi connectivity index (χ1v) is 14.5. The largest absolute Gasteiger partial charge is 0.481 e. The molecule has 3 heterocycles. The van der Waals surface area contributed by atoms with E-state index in [0.717, 1.165) is 16.5 Å². The summed E-state index contributed by atoms with van der Waals surface area (Å²) in [5, 5.41) is 16.7. The number of H-pyrrole nitrogens is 1. The Kier molecular flexibility index (Phi) is 9.12. The number of ether oxygens (including phenoxy) is 1. The normalized spacial score (nSPS) is 18.1. The van der Waals surface area contributed by atoms with Gasteiger partial charge in [-0.15, -0.1) is 0 Å². The molecule has 0 spiro atoms. The predicted octanol–water partition coefficient (Wildman–Crippen LogP) is 3.83. The number of likely N-dealkylation sites (tertiary alicyclic amines) is 1. The smallest absolute Gasteiger partial charge is 0.408 e. The summed E-state index contributed by atoms with van der Waals surface area (Å²) in [6.07, 6.45) is 3.90. The number of amides is 3. The van der Waals surface area contributed by atoms with Crippen molar-refractivity contribution in [3.05, 3.63) is 66.1 Å². The summed E-state index contributed by atoms with van der Waals surface area (Å²) in [6.45, 7) is 8.57. The summed E-state index contributed by atoms with van der Waals surface area (Å²) in [5.74, 6) is -1.96. The number of aromatic nitrogens is 2. The number of carbonyl (C=O) groups is 4. The lowest BCUT2D eigenvalue weighted by Crippen LogP contribution is -2.61. The molecule has 0 bridgehead atoms. The number of piperidine rings is 1. The van der Waals surface area contributed by atoms with Crippen molar-refractivity contribution in [3.8, 4) is 0 Å². The van der Waals surface area contributed by atoms with Crippen LogP contribution in [0.15, 0.2) is 54.9 Å². The standard InChI is InChI=1S/C32H41N5O6/c1-30(2,3)43-29(42)36-31(4,5)27(39)35-25(17-21-19-34-24-13-7-6-12-23(21)24)26(38)37-16-10-14-32(20-37,28(40)41)18-22-11-8-9-15-33-22/h6-9,11-13,15,19,25,34H,10,14,16-18,20H2,1-5H3,(H,35,39)(H,36,42)(H,40,41)/t25-,32+/m1/s1. The van der Waals surface area contributed by atoms with Crippen LogP contribution in [0.1, 0.15) is 58.7 Å². The summed E-state index contributed by atoms with van der Waals surface area (Å²) in [5.41, 5.74) is -1.04. The highest BCUT2D eigenvalue weighted by Crippen LogP contribution is 2.34. The van der Waals surface area contributed by atoms with Crippen LogP contribution >= 0.6 is 0 Å². The molecule has 4 N–H and O–H groups in total. The average Bonchev–Trinajstić information content (AvgIpc) is 3.34. The number of aromatic amines is 1. The highest BCUT2D eigenvalue weighted by Gasteiger charge is 2.45. The average molecular weight is 592 g/mol. The molecule has 0 radical (unpaired) electrons. The zero-order valence-electron chi connectivity index (χ0n) is 25.4. The Labute approximate surface area is 251 Å². The van der Waals surface area contributed by atoms with Gasteiger partial charge in [-0.05, 0) is 71.2 Å². The first-order chi connectivity index (χ1) is 20.2. The van der Waals surface area contributed by atoms with E-state index in [1.807, 2.05) is 30.3 Å². The van der Waals surface area contributed by atoms with E-state index < -0.39 is 46.5 Å². The van der Waals surface area contributed by atoms with Gasteiger partial charge < -0.3 is 30.4 Å². The summed E-state index contributed by atoms with van der Waals surface area (Å²) in [4.78, 5) is 61.9. The number of fused-ring (bicyclic) bond motifs is 1. The van der Waals surface area contributed by atoms with Crippen molar-refractivity contribution in [1.29, 1.82) is 0 Å². The lowest BCUT2D eigenvalue weighted by molar-refractivity contribution is -0.156. The third-order valence-corrected chi connectivity index (χ3v) is 7.67. The number of para-hydroxylation sites is 1. The number of rotatable bonds is 9. The number of alkyl carbamates (subject to hydrolysis) is 1. The second kappa shape index (κ2) is 12.4. The molecular formula is C32H41N5O6. The number of carbonyl (C=O) groups excluding carboxylic acids is 3. The van der Waals surface area contributed by atoms with E-state index in [2.05, 4.69) is 20.6 Å². The predicted molar refractivity (Wildman–Crippen MR) is 161 cm³/mol. The van der Waals surface area contributed by atoms with Crippen LogP contribution in [0.4, 0.5) is 4.79 Å². The van der Waals surface area contributed by atoms with Gasteiger partial charge in [0, 0.05) is 54.9 Å². The fourth-order valence-corrected chi connectivity index (χ4v) is 5.46. The highest BCUT2D eigenvalue weighted by atomic mass is 16.6. The number of nitrogens with zero attached hydrogens (tertiary/aromatic N) is 2. The maximum absolute atomic E-state index is 14.2. The first kappa shape index (κ1) is 31.5. The second-order valence-electron chi connectivity index (χ2n) is 12.8. The van der Waals surface area contributed by atoms with Crippen LogP contribution in [0.2, 0.25) is 0 Å². The summed E-state index contributed by atoms with van der Waals surface area (Å²) >= 11 is 0. The van der Waals surface area contributed by atoms with Crippen molar-refractivity contribution in [1.82, 2.24) is 25.5 Å². The van der Waals surface area contributed by atoms with Crippen molar-refractivity contribution < 1.29 is 29.0 Å². The summed E-state index contributed by atoms with van der Waals surface area (Å²) in [6, 6.07) is 12.0. The Morgan fingerprint density at radius 3 is 2.49 bits per heavy atom. The van der Waals surface area contributed by atoms with Gasteiger partial charge in [0.05, 0.1) is 5.41 Å². The van der Waals surface area contributed by atoms with Gasteiger partial charge in [-0.3, -0.25) is 19.4 Å². The number of hydrogen-bond donors (Lipinski definition) is 4. The van der Waals surface area contributed by atoms with Gasteiger partial charge >= 0.3 is 12.1 Å². The maximum atomic E-state index is 14.2. The third-order valence-electron chi connectivity index (χ3n) is 7.67. The number of nitrogens with one attached hydrogen (secondary N) is 3. The van der Waals surface area contributed by atoms with Gasteiger partial charge in [-0.2, -0.15) is 0 Å². The third kappa shape index (κ3) is 7.71. The second-order valence-corrected chi connectivity index (χ2v) is 12.8. The fourth-order valence-electron chi connectivity index (χ4n) is 5.46. The van der Waals surface area contributed by atoms with Crippen molar-refractivity contribution in [2.45, 2.75) is 77.5 Å². The van der Waals surface area contributed by atoms with Crippen LogP contribution in [0.5, 0.6) is 0 Å². The van der Waals surface area contributed by atoms with E-state index in [9.17, 15) is 24.3 Å². The van der Waals surface area contributed by atoms with Crippen molar-refractivity contribution in [2.75, 3.05) is 13.1 Å². The van der Waals surface area contributed by atoms with Crippen LogP contribution in [0, 0.1) is 5.41 Å². The monoisotopic (exact) mass is 591 g/mol. The molecule has 4 rings (SSSR count). The maximum Gasteiger partial charge on any atom is 0.408 e. The molecule has 0 unspecified atom stereocenters. The lowest BCUT2D eigenvalue weighted by Gasteiger charge is -2.41. The molecule has 1 aliphatic heterocycles. The summed E-state index contributed by atoms with van der Waals surface area (Å²) < 4.78 is 5.33. The fraction of sp³-hybridized carbons (Fsp3) is 0.469. The minimum atomic E-state index is -1.41. The van der Waals surface area contributed by atoms with Crippen LogP contribution < -0.4 is 10.6 Å². The van der Waals surface area contributed by atoms with E-state index in [1.165, 1.54) is 18.7 Å². The van der Waals surface area contributed by atoms with Crippen LogP contribution in [-0.4, -0.2) is 74.1 Å². The molecule has 3 amide bonds. The van der Waals surface area contributed by atoms with Gasteiger partial charge in [-0.1, -0.05) is 24.3 Å². The van der Waals surface area contributed by atoms with E-state index >= 15 is 0 Å². The van der Waals surface area contributed by atoms with Gasteiger partial charge in [-0.25, -0.2) is 4.79 Å². The molecule has 1 aromatic carbocycles. The number of carboxylic acid groups (broad SMARTS) is 1. The molecule has 11 nitrogen and oxygen atoms in total. The zero-order valence-corrected chi connectivity index (χ0v) is 25.4. The van der Waals surface area contributed by atoms with E-state index in [4.69, 9.17) is 4.74 Å². The molecule has 230 valence electrons. The Morgan fingerprint density at radius 1 is 1.09 bits per heavy atom. The molecule has 2 atom stereocenters. The molecule has 3 aromatic rings. The molecule has 0 saturated carbocycles. The molecule has 1 fully saturated rings. The Balaban J connectivity index is 1.60. The number of aliphatic carboxylic acids is 1. The van der Waals surface area contributed by atoms with E-state index in [0.29, 0.717) is 25.1 Å². The topological polar surface area (TPSA) is 154 Å². The van der Waals surface area contributed by atoms with Crippen LogP contribution in [0.25, 0.3) is 10.9 Å². The molecule has 2 aromatic heterocycles. The minimum absolute atomic E-state index is 0.0163. The van der Waals surface area contributed by atoms with E-state index in [-0.39, 0.29) is 19.4 Å². The van der Waals surface area contributed by atoms with Crippen molar-refractivity contribution in [2.24, 2.45) is 5.41 Å². The highest BCUT2D eigenvalue weighted by molar-refractivity contribution is 5.94. The quantitative estimate of drug-likeness (QED) is 0.295. The molecule has 43 heavy (non-hydrogen) atoms. The molecule has 11 heteroatoms. The number of pyridine rings is 1. The molecular weight excluding hydrogens is 550 g/mol. The summed E-state index contributed by atoms with van der Waals surface area (Å²) in [7, 11) is 0. The number of carboxylic acids is 1. The SMILES string of the molecule is CC(C)(C)OC(=O)NC(C)(C)C(=O)N[C@H](Cc1c[nH]c2ccccc12)C(=O)N1CCC[C@@](Cc2ccccn2)(C(=O)O)C1. The Bertz CT molecular complexity index is 1480. The molecule has 1 aliphatic rings. The number of benzene rings is 1. The van der Waals surface area contributed by atoms with Crippen LogP contribution in [0.3, 0.4) is 0 Å².